The fraction of sp³-hybridized carbons (Fsp3) is 0.667. The lowest BCUT2D eigenvalue weighted by Crippen LogP contribution is -2.48. The van der Waals surface area contributed by atoms with E-state index >= 15 is 0 Å². The van der Waals surface area contributed by atoms with Crippen LogP contribution in [0.15, 0.2) is 16.3 Å². The van der Waals surface area contributed by atoms with Gasteiger partial charge in [-0.2, -0.15) is 4.31 Å². The van der Waals surface area contributed by atoms with Crippen molar-refractivity contribution < 1.29 is 8.42 Å². The summed E-state index contributed by atoms with van der Waals surface area (Å²) in [6, 6.07) is 3.58. The summed E-state index contributed by atoms with van der Waals surface area (Å²) in [4.78, 5) is 3.37. The summed E-state index contributed by atoms with van der Waals surface area (Å²) in [5.74, 6) is 0. The molecule has 2 heterocycles. The van der Waals surface area contributed by atoms with Crippen LogP contribution in [0.2, 0.25) is 0 Å². The summed E-state index contributed by atoms with van der Waals surface area (Å²) < 4.78 is 26.9. The standard InChI is InChI=1S/C12H20N2O2S2/c1-3-6-13-7-9-14(10-8-13)18(15,16)12-5-4-11(2)17-12/h4-5H,3,6-10H2,1-2H3. The van der Waals surface area contributed by atoms with Gasteiger partial charge in [-0.05, 0) is 32.0 Å². The van der Waals surface area contributed by atoms with Crippen molar-refractivity contribution in [3.63, 3.8) is 0 Å². The summed E-state index contributed by atoms with van der Waals surface area (Å²) in [6.07, 6.45) is 1.12. The van der Waals surface area contributed by atoms with Gasteiger partial charge >= 0.3 is 0 Å². The molecule has 1 saturated heterocycles. The molecule has 1 aromatic rings. The number of aryl methyl sites for hydroxylation is 1. The van der Waals surface area contributed by atoms with E-state index in [0.717, 1.165) is 30.9 Å². The number of thiophene rings is 1. The number of piperazine rings is 1. The highest BCUT2D eigenvalue weighted by molar-refractivity contribution is 7.91. The predicted molar refractivity (Wildman–Crippen MR) is 74.5 cm³/mol. The van der Waals surface area contributed by atoms with E-state index in [0.29, 0.717) is 17.3 Å². The van der Waals surface area contributed by atoms with Crippen LogP contribution in [0.25, 0.3) is 0 Å². The lowest BCUT2D eigenvalue weighted by Gasteiger charge is -2.33. The molecule has 102 valence electrons. The van der Waals surface area contributed by atoms with Crippen LogP contribution in [0.1, 0.15) is 18.2 Å². The maximum atomic E-state index is 12.4. The molecule has 0 saturated carbocycles. The molecule has 4 nitrogen and oxygen atoms in total. The van der Waals surface area contributed by atoms with Crippen LogP contribution in [-0.2, 0) is 10.0 Å². The normalized spacial score (nSPS) is 19.2. The SMILES string of the molecule is CCCN1CCN(S(=O)(=O)c2ccc(C)s2)CC1. The van der Waals surface area contributed by atoms with Gasteiger partial charge in [0.15, 0.2) is 0 Å². The Bertz CT molecular complexity index is 488. The van der Waals surface area contributed by atoms with Crippen molar-refractivity contribution in [1.82, 2.24) is 9.21 Å². The van der Waals surface area contributed by atoms with Crippen LogP contribution in [0.4, 0.5) is 0 Å². The second-order valence-electron chi connectivity index (χ2n) is 4.61. The van der Waals surface area contributed by atoms with Gasteiger partial charge in [-0.1, -0.05) is 6.92 Å². The Kier molecular flexibility index (Phi) is 4.42. The lowest BCUT2D eigenvalue weighted by atomic mass is 10.3. The van der Waals surface area contributed by atoms with E-state index < -0.39 is 10.0 Å². The molecule has 0 bridgehead atoms. The third kappa shape index (κ3) is 2.93. The molecule has 1 aliphatic heterocycles. The number of rotatable bonds is 4. The minimum absolute atomic E-state index is 0.476. The molecule has 2 rings (SSSR count). The predicted octanol–water partition coefficient (Wildman–Crippen LogP) is 1.77. The Morgan fingerprint density at radius 1 is 1.22 bits per heavy atom. The molecule has 18 heavy (non-hydrogen) atoms. The molecule has 1 aliphatic rings. The Morgan fingerprint density at radius 2 is 1.89 bits per heavy atom. The molecule has 0 aliphatic carbocycles. The van der Waals surface area contributed by atoms with Gasteiger partial charge in [0.2, 0.25) is 0 Å². The van der Waals surface area contributed by atoms with Crippen molar-refractivity contribution in [3.8, 4) is 0 Å². The highest BCUT2D eigenvalue weighted by atomic mass is 32.2. The first kappa shape index (κ1) is 14.0. The van der Waals surface area contributed by atoms with Crippen molar-refractivity contribution in [2.24, 2.45) is 0 Å². The number of hydrogen-bond acceptors (Lipinski definition) is 4. The fourth-order valence-electron chi connectivity index (χ4n) is 2.19. The maximum absolute atomic E-state index is 12.4. The highest BCUT2D eigenvalue weighted by Crippen LogP contribution is 2.25. The van der Waals surface area contributed by atoms with E-state index in [2.05, 4.69) is 11.8 Å². The summed E-state index contributed by atoms with van der Waals surface area (Å²) in [6.45, 7) is 8.06. The molecule has 0 spiro atoms. The molecule has 1 fully saturated rings. The zero-order valence-corrected chi connectivity index (χ0v) is 12.6. The molecule has 0 radical (unpaired) electrons. The van der Waals surface area contributed by atoms with Crippen LogP contribution in [-0.4, -0.2) is 50.3 Å². The largest absolute Gasteiger partial charge is 0.301 e. The van der Waals surface area contributed by atoms with Gasteiger partial charge in [-0.15, -0.1) is 11.3 Å². The zero-order valence-electron chi connectivity index (χ0n) is 10.9. The van der Waals surface area contributed by atoms with Gasteiger partial charge in [0.25, 0.3) is 10.0 Å². The van der Waals surface area contributed by atoms with E-state index in [1.165, 1.54) is 11.3 Å². The number of hydrogen-bond donors (Lipinski definition) is 0. The molecule has 0 aromatic carbocycles. The van der Waals surface area contributed by atoms with Crippen LogP contribution in [0, 0.1) is 6.92 Å². The minimum atomic E-state index is -3.25. The fourth-order valence-corrected chi connectivity index (χ4v) is 5.05. The Balaban J connectivity index is 2.05. The van der Waals surface area contributed by atoms with Crippen molar-refractivity contribution in [3.05, 3.63) is 17.0 Å². The summed E-state index contributed by atoms with van der Waals surface area (Å²) in [7, 11) is -3.25. The smallest absolute Gasteiger partial charge is 0.252 e. The van der Waals surface area contributed by atoms with Gasteiger partial charge in [0.1, 0.15) is 4.21 Å². The second-order valence-corrected chi connectivity index (χ2v) is 8.06. The quantitative estimate of drug-likeness (QED) is 0.848. The van der Waals surface area contributed by atoms with Crippen LogP contribution < -0.4 is 0 Å². The summed E-state index contributed by atoms with van der Waals surface area (Å²) >= 11 is 1.36. The van der Waals surface area contributed by atoms with E-state index in [4.69, 9.17) is 0 Å². The van der Waals surface area contributed by atoms with E-state index in [1.807, 2.05) is 13.0 Å². The second kappa shape index (κ2) is 5.69. The van der Waals surface area contributed by atoms with Crippen molar-refractivity contribution in [1.29, 1.82) is 0 Å². The van der Waals surface area contributed by atoms with Gasteiger partial charge in [-0.25, -0.2) is 8.42 Å². The van der Waals surface area contributed by atoms with Gasteiger partial charge < -0.3 is 4.90 Å². The van der Waals surface area contributed by atoms with Gasteiger partial charge in [0.05, 0.1) is 0 Å². The molecular weight excluding hydrogens is 268 g/mol. The monoisotopic (exact) mass is 288 g/mol. The first-order valence-corrected chi connectivity index (χ1v) is 8.58. The Hall–Kier alpha value is -0.430. The van der Waals surface area contributed by atoms with Crippen LogP contribution in [0.3, 0.4) is 0 Å². The number of nitrogens with zero attached hydrogens (tertiary/aromatic N) is 2. The molecule has 1 aromatic heterocycles. The summed E-state index contributed by atoms with van der Waals surface area (Å²) in [5.41, 5.74) is 0. The third-order valence-electron chi connectivity index (χ3n) is 3.18. The molecule has 0 atom stereocenters. The zero-order chi connectivity index (χ0) is 13.2. The van der Waals surface area contributed by atoms with E-state index in [-0.39, 0.29) is 0 Å². The highest BCUT2D eigenvalue weighted by Gasteiger charge is 2.29. The average molecular weight is 288 g/mol. The lowest BCUT2D eigenvalue weighted by molar-refractivity contribution is 0.189. The third-order valence-corrected chi connectivity index (χ3v) is 6.55. The Morgan fingerprint density at radius 3 is 2.39 bits per heavy atom. The molecule has 6 heteroatoms. The first-order valence-electron chi connectivity index (χ1n) is 6.33. The molecule has 0 amide bonds. The molecular formula is C12H20N2O2S2. The van der Waals surface area contributed by atoms with E-state index in [1.54, 1.807) is 10.4 Å². The van der Waals surface area contributed by atoms with Crippen LogP contribution in [0.5, 0.6) is 0 Å². The Labute approximate surface area is 113 Å². The van der Waals surface area contributed by atoms with Crippen LogP contribution >= 0.6 is 11.3 Å². The number of sulfonamides is 1. The first-order chi connectivity index (χ1) is 8.54. The van der Waals surface area contributed by atoms with Gasteiger partial charge in [0, 0.05) is 31.1 Å². The van der Waals surface area contributed by atoms with Crippen molar-refractivity contribution in [2.75, 3.05) is 32.7 Å². The average Bonchev–Trinajstić information content (AvgIpc) is 2.78. The molecule has 0 N–H and O–H groups in total. The minimum Gasteiger partial charge on any atom is -0.301 e. The molecule has 0 unspecified atom stereocenters. The van der Waals surface area contributed by atoms with Crippen molar-refractivity contribution in [2.45, 2.75) is 24.5 Å². The van der Waals surface area contributed by atoms with Crippen molar-refractivity contribution >= 4 is 21.4 Å². The summed E-state index contributed by atoms with van der Waals surface area (Å²) in [5, 5.41) is 0. The van der Waals surface area contributed by atoms with Gasteiger partial charge in [-0.3, -0.25) is 0 Å². The van der Waals surface area contributed by atoms with E-state index in [9.17, 15) is 8.42 Å². The maximum Gasteiger partial charge on any atom is 0.252 e. The topological polar surface area (TPSA) is 40.6 Å².